The van der Waals surface area contributed by atoms with Gasteiger partial charge in [-0.15, -0.1) is 5.11 Å². The number of carbonyl (C=O) groups excluding carboxylic acids is 3. The van der Waals surface area contributed by atoms with Crippen LogP contribution in [-0.4, -0.2) is 80.1 Å². The first-order valence-corrected chi connectivity index (χ1v) is 7.06. The Kier molecular flexibility index (Phi) is 5.59. The zero-order valence-corrected chi connectivity index (χ0v) is 12.4. The summed E-state index contributed by atoms with van der Waals surface area (Å²) in [6, 6.07) is -0.728. The van der Waals surface area contributed by atoms with Gasteiger partial charge in [0, 0.05) is 45.3 Å². The van der Waals surface area contributed by atoms with Gasteiger partial charge < -0.3 is 15.0 Å². The molecular formula is C13H19N5O4. The maximum atomic E-state index is 11.8. The zero-order valence-electron chi connectivity index (χ0n) is 12.4. The maximum absolute atomic E-state index is 11.8. The molecule has 0 bridgehead atoms. The van der Waals surface area contributed by atoms with Crippen molar-refractivity contribution in [3.8, 4) is 0 Å². The van der Waals surface area contributed by atoms with Crippen LogP contribution in [0.15, 0.2) is 22.4 Å². The molecule has 0 aromatic carbocycles. The number of nitrogens with one attached hydrogen (secondary N) is 1. The Morgan fingerprint density at radius 3 is 2.68 bits per heavy atom. The number of hydrogen-bond donors (Lipinski definition) is 1. The predicted molar refractivity (Wildman–Crippen MR) is 76.2 cm³/mol. The molecule has 1 saturated heterocycles. The molecule has 1 atom stereocenters. The monoisotopic (exact) mass is 309 g/mol. The van der Waals surface area contributed by atoms with E-state index in [2.05, 4.69) is 25.2 Å². The van der Waals surface area contributed by atoms with Crippen LogP contribution in [0.2, 0.25) is 0 Å². The quantitative estimate of drug-likeness (QED) is 0.747. The number of rotatable bonds is 4. The van der Waals surface area contributed by atoms with Gasteiger partial charge in [-0.25, -0.2) is 4.79 Å². The van der Waals surface area contributed by atoms with Crippen LogP contribution < -0.4 is 5.32 Å². The Morgan fingerprint density at radius 1 is 1.36 bits per heavy atom. The van der Waals surface area contributed by atoms with E-state index in [4.69, 9.17) is 0 Å². The second-order valence-corrected chi connectivity index (χ2v) is 4.95. The third kappa shape index (κ3) is 4.35. The molecule has 9 heteroatoms. The molecular weight excluding hydrogens is 290 g/mol. The Morgan fingerprint density at radius 2 is 2.09 bits per heavy atom. The molecule has 120 valence electrons. The summed E-state index contributed by atoms with van der Waals surface area (Å²) in [6.45, 7) is 3.87. The summed E-state index contributed by atoms with van der Waals surface area (Å²) in [4.78, 5) is 37.8. The third-order valence-corrected chi connectivity index (χ3v) is 3.50. The van der Waals surface area contributed by atoms with E-state index in [1.165, 1.54) is 19.3 Å². The normalized spacial score (nSPS) is 21.8. The second-order valence-electron chi connectivity index (χ2n) is 4.95. The van der Waals surface area contributed by atoms with Gasteiger partial charge >= 0.3 is 6.09 Å². The minimum absolute atomic E-state index is 0.277. The van der Waals surface area contributed by atoms with Crippen molar-refractivity contribution in [1.82, 2.24) is 15.1 Å². The molecule has 0 spiro atoms. The van der Waals surface area contributed by atoms with Crippen LogP contribution in [0.5, 0.6) is 0 Å². The van der Waals surface area contributed by atoms with Crippen LogP contribution in [0, 0.1) is 0 Å². The molecule has 9 nitrogen and oxygen atoms in total. The van der Waals surface area contributed by atoms with Gasteiger partial charge in [0.2, 0.25) is 0 Å². The van der Waals surface area contributed by atoms with Crippen molar-refractivity contribution in [3.63, 3.8) is 0 Å². The lowest BCUT2D eigenvalue weighted by molar-refractivity contribution is -0.121. The van der Waals surface area contributed by atoms with Gasteiger partial charge in [-0.2, -0.15) is 5.11 Å². The van der Waals surface area contributed by atoms with Crippen LogP contribution in [0.1, 0.15) is 0 Å². The summed E-state index contributed by atoms with van der Waals surface area (Å²) in [5.74, 6) is -0.728. The average Bonchev–Trinajstić information content (AvgIpc) is 2.55. The van der Waals surface area contributed by atoms with Crippen LogP contribution in [0.3, 0.4) is 0 Å². The summed E-state index contributed by atoms with van der Waals surface area (Å²) >= 11 is 0. The summed E-state index contributed by atoms with van der Waals surface area (Å²) in [5.41, 5.74) is 0. The molecule has 2 aliphatic heterocycles. The molecule has 3 amide bonds. The second kappa shape index (κ2) is 7.64. The maximum Gasteiger partial charge on any atom is 0.409 e. The Bertz CT molecular complexity index is 481. The number of hydrogen-bond acceptors (Lipinski definition) is 6. The zero-order chi connectivity index (χ0) is 15.9. The number of azo groups is 1. The highest BCUT2D eigenvalue weighted by atomic mass is 16.5. The largest absolute Gasteiger partial charge is 0.453 e. The fraction of sp³-hybridized carbons (Fsp3) is 0.615. The highest BCUT2D eigenvalue weighted by Crippen LogP contribution is 2.04. The van der Waals surface area contributed by atoms with E-state index >= 15 is 0 Å². The Balaban J connectivity index is 1.64. The molecule has 0 radical (unpaired) electrons. The highest BCUT2D eigenvalue weighted by molar-refractivity contribution is 5.92. The molecule has 2 aliphatic rings. The minimum Gasteiger partial charge on any atom is -0.453 e. The first-order valence-electron chi connectivity index (χ1n) is 7.06. The van der Waals surface area contributed by atoms with Crippen LogP contribution in [0.4, 0.5) is 4.79 Å². The first-order chi connectivity index (χ1) is 10.6. The lowest BCUT2D eigenvalue weighted by atomic mass is 10.2. The summed E-state index contributed by atoms with van der Waals surface area (Å²) in [6.07, 6.45) is 2.36. The van der Waals surface area contributed by atoms with Gasteiger partial charge in [-0.3, -0.25) is 14.5 Å². The standard InChI is InChI=1S/C13H19N5O4/c1-22-13(21)18-8-6-17(7-9-18)5-4-14-12(20)10-2-3-11(19)16-15-10/h2-3,10H,4-9H2,1H3,(H,14,20). The van der Waals surface area contributed by atoms with Crippen molar-refractivity contribution >= 4 is 17.9 Å². The molecule has 0 saturated carbocycles. The average molecular weight is 309 g/mol. The van der Waals surface area contributed by atoms with E-state index in [0.717, 1.165) is 13.1 Å². The van der Waals surface area contributed by atoms with Crippen LogP contribution in [0.25, 0.3) is 0 Å². The van der Waals surface area contributed by atoms with Crippen molar-refractivity contribution in [2.75, 3.05) is 46.4 Å². The third-order valence-electron chi connectivity index (χ3n) is 3.50. The van der Waals surface area contributed by atoms with Crippen molar-refractivity contribution in [2.24, 2.45) is 10.2 Å². The van der Waals surface area contributed by atoms with Gasteiger partial charge in [0.25, 0.3) is 11.8 Å². The summed E-state index contributed by atoms with van der Waals surface area (Å²) in [7, 11) is 1.37. The predicted octanol–water partition coefficient (Wildman–Crippen LogP) is -0.596. The van der Waals surface area contributed by atoms with Gasteiger partial charge in [0.15, 0.2) is 6.04 Å². The summed E-state index contributed by atoms with van der Waals surface area (Å²) < 4.78 is 4.67. The number of amides is 3. The van der Waals surface area contributed by atoms with E-state index < -0.39 is 11.9 Å². The molecule has 2 heterocycles. The number of piperazine rings is 1. The van der Waals surface area contributed by atoms with Crippen LogP contribution >= 0.6 is 0 Å². The van der Waals surface area contributed by atoms with E-state index in [1.807, 2.05) is 0 Å². The molecule has 1 N–H and O–H groups in total. The van der Waals surface area contributed by atoms with Gasteiger partial charge in [0.1, 0.15) is 0 Å². The van der Waals surface area contributed by atoms with Crippen LogP contribution in [-0.2, 0) is 14.3 Å². The minimum atomic E-state index is -0.728. The number of carbonyl (C=O) groups is 3. The topological polar surface area (TPSA) is 104 Å². The molecule has 22 heavy (non-hydrogen) atoms. The molecule has 2 rings (SSSR count). The summed E-state index contributed by atoms with van der Waals surface area (Å²) in [5, 5.41) is 9.72. The van der Waals surface area contributed by atoms with Crippen molar-refractivity contribution in [3.05, 3.63) is 12.2 Å². The molecule has 0 aromatic heterocycles. The number of methoxy groups -OCH3 is 1. The first kappa shape index (κ1) is 16.1. The molecule has 1 unspecified atom stereocenters. The van der Waals surface area contributed by atoms with Gasteiger partial charge in [-0.05, 0) is 6.08 Å². The van der Waals surface area contributed by atoms with Crippen molar-refractivity contribution in [1.29, 1.82) is 0 Å². The van der Waals surface area contributed by atoms with E-state index in [-0.39, 0.29) is 12.0 Å². The van der Waals surface area contributed by atoms with Gasteiger partial charge in [0.05, 0.1) is 7.11 Å². The Hall–Kier alpha value is -2.29. The van der Waals surface area contributed by atoms with E-state index in [0.29, 0.717) is 26.2 Å². The van der Waals surface area contributed by atoms with E-state index in [9.17, 15) is 14.4 Å². The highest BCUT2D eigenvalue weighted by Gasteiger charge is 2.22. The lowest BCUT2D eigenvalue weighted by Crippen LogP contribution is -2.50. The fourth-order valence-electron chi connectivity index (χ4n) is 2.23. The van der Waals surface area contributed by atoms with E-state index in [1.54, 1.807) is 4.90 Å². The molecule has 1 fully saturated rings. The Labute approximate surface area is 128 Å². The fourth-order valence-corrected chi connectivity index (χ4v) is 2.23. The lowest BCUT2D eigenvalue weighted by Gasteiger charge is -2.33. The smallest absolute Gasteiger partial charge is 0.409 e. The number of nitrogens with zero attached hydrogens (tertiary/aromatic N) is 4. The van der Waals surface area contributed by atoms with Gasteiger partial charge in [-0.1, -0.05) is 0 Å². The van der Waals surface area contributed by atoms with Crippen molar-refractivity contribution < 1.29 is 19.1 Å². The molecule has 0 aliphatic carbocycles. The number of ether oxygens (including phenoxy) is 1. The SMILES string of the molecule is COC(=O)N1CCN(CCNC(=O)C2C=CC(=O)N=N2)CC1. The molecule has 0 aromatic rings. The van der Waals surface area contributed by atoms with Crippen molar-refractivity contribution in [2.45, 2.75) is 6.04 Å².